The van der Waals surface area contributed by atoms with Gasteiger partial charge < -0.3 is 10.6 Å². The van der Waals surface area contributed by atoms with Gasteiger partial charge in [-0.15, -0.1) is 0 Å². The Morgan fingerprint density at radius 2 is 1.59 bits per heavy atom. The number of nitrogens with zero attached hydrogens (tertiary/aromatic N) is 1. The molecule has 1 saturated heterocycles. The number of carbonyl (C=O) groups is 1. The molecule has 1 aliphatic heterocycles. The van der Waals surface area contributed by atoms with Gasteiger partial charge in [-0.3, -0.25) is 4.79 Å². The summed E-state index contributed by atoms with van der Waals surface area (Å²) in [6.45, 7) is 8.87. The first-order chi connectivity index (χ1) is 12.7. The fourth-order valence-corrected chi connectivity index (χ4v) is 4.58. The highest BCUT2D eigenvalue weighted by molar-refractivity contribution is 7.89. The smallest absolute Gasteiger partial charge is 0.251 e. The Hall–Kier alpha value is -1.44. The highest BCUT2D eigenvalue weighted by Gasteiger charge is 2.25. The maximum atomic E-state index is 12.8. The molecule has 1 aliphatic rings. The normalized spacial score (nSPS) is 16.7. The van der Waals surface area contributed by atoms with Crippen molar-refractivity contribution in [3.8, 4) is 0 Å². The van der Waals surface area contributed by atoms with Crippen molar-refractivity contribution < 1.29 is 13.2 Å². The SMILES string of the molecule is CC(C)(C)NCCCNC(=O)c1ccc(S(=O)(=O)N2CCCCCC2)cc1. The van der Waals surface area contributed by atoms with E-state index < -0.39 is 10.0 Å². The Labute approximate surface area is 163 Å². The van der Waals surface area contributed by atoms with Gasteiger partial charge in [0.05, 0.1) is 4.90 Å². The molecule has 1 aromatic carbocycles. The molecular weight excluding hydrogens is 362 g/mol. The average molecular weight is 396 g/mol. The maximum absolute atomic E-state index is 12.8. The second-order valence-electron chi connectivity index (χ2n) is 8.13. The molecule has 0 saturated carbocycles. The number of sulfonamides is 1. The van der Waals surface area contributed by atoms with E-state index in [1.54, 1.807) is 16.4 Å². The number of rotatable bonds is 7. The number of carbonyl (C=O) groups excluding carboxylic acids is 1. The lowest BCUT2D eigenvalue weighted by Crippen LogP contribution is -2.37. The summed E-state index contributed by atoms with van der Waals surface area (Å²) in [6.07, 6.45) is 4.81. The third-order valence-corrected chi connectivity index (χ3v) is 6.53. The summed E-state index contributed by atoms with van der Waals surface area (Å²) in [6, 6.07) is 6.26. The zero-order valence-electron chi connectivity index (χ0n) is 16.8. The van der Waals surface area contributed by atoms with E-state index in [2.05, 4.69) is 31.4 Å². The zero-order chi connectivity index (χ0) is 19.9. The molecule has 0 unspecified atom stereocenters. The molecular formula is C20H33N3O3S. The van der Waals surface area contributed by atoms with E-state index in [1.165, 1.54) is 12.1 Å². The van der Waals surface area contributed by atoms with Crippen molar-refractivity contribution in [1.29, 1.82) is 0 Å². The van der Waals surface area contributed by atoms with E-state index >= 15 is 0 Å². The number of hydrogen-bond donors (Lipinski definition) is 2. The molecule has 0 bridgehead atoms. The molecule has 1 amide bonds. The fraction of sp³-hybridized carbons (Fsp3) is 0.650. The lowest BCUT2D eigenvalue weighted by molar-refractivity contribution is 0.0953. The first-order valence-electron chi connectivity index (χ1n) is 9.84. The third kappa shape index (κ3) is 6.90. The van der Waals surface area contributed by atoms with Gasteiger partial charge in [0.1, 0.15) is 0 Å². The van der Waals surface area contributed by atoms with Gasteiger partial charge in [0.2, 0.25) is 10.0 Å². The summed E-state index contributed by atoms with van der Waals surface area (Å²) in [5.74, 6) is -0.176. The summed E-state index contributed by atoms with van der Waals surface area (Å²) in [5.41, 5.74) is 0.548. The van der Waals surface area contributed by atoms with Gasteiger partial charge in [0.15, 0.2) is 0 Å². The highest BCUT2D eigenvalue weighted by atomic mass is 32.2. The van der Waals surface area contributed by atoms with Crippen molar-refractivity contribution in [2.45, 2.75) is 63.3 Å². The fourth-order valence-electron chi connectivity index (χ4n) is 3.07. The molecule has 0 radical (unpaired) electrons. The van der Waals surface area contributed by atoms with Crippen LogP contribution in [0, 0.1) is 0 Å². The first kappa shape index (κ1) is 21.9. The third-order valence-electron chi connectivity index (χ3n) is 4.61. The molecule has 0 spiro atoms. The molecule has 1 fully saturated rings. The van der Waals surface area contributed by atoms with Crippen LogP contribution in [-0.2, 0) is 10.0 Å². The summed E-state index contributed by atoms with van der Waals surface area (Å²) >= 11 is 0. The van der Waals surface area contributed by atoms with Crippen LogP contribution < -0.4 is 10.6 Å². The van der Waals surface area contributed by atoms with Crippen molar-refractivity contribution in [1.82, 2.24) is 14.9 Å². The number of amides is 1. The molecule has 152 valence electrons. The second-order valence-corrected chi connectivity index (χ2v) is 10.1. The molecule has 0 aliphatic carbocycles. The molecule has 0 atom stereocenters. The largest absolute Gasteiger partial charge is 0.352 e. The number of hydrogen-bond acceptors (Lipinski definition) is 4. The van der Waals surface area contributed by atoms with Crippen LogP contribution in [0.1, 0.15) is 63.2 Å². The van der Waals surface area contributed by atoms with Crippen molar-refractivity contribution in [3.63, 3.8) is 0 Å². The van der Waals surface area contributed by atoms with Crippen LogP contribution in [0.2, 0.25) is 0 Å². The first-order valence-corrected chi connectivity index (χ1v) is 11.3. The molecule has 7 heteroatoms. The predicted octanol–water partition coefficient (Wildman–Crippen LogP) is 2.76. The van der Waals surface area contributed by atoms with Crippen molar-refractivity contribution in [2.75, 3.05) is 26.2 Å². The molecule has 0 aromatic heterocycles. The summed E-state index contributed by atoms with van der Waals surface area (Å²) in [7, 11) is -3.47. The van der Waals surface area contributed by atoms with Gasteiger partial charge in [-0.05, 0) is 70.8 Å². The Morgan fingerprint density at radius 3 is 2.15 bits per heavy atom. The minimum atomic E-state index is -3.47. The van der Waals surface area contributed by atoms with Crippen LogP contribution in [0.4, 0.5) is 0 Å². The molecule has 27 heavy (non-hydrogen) atoms. The van der Waals surface area contributed by atoms with Gasteiger partial charge in [0, 0.05) is 30.7 Å². The van der Waals surface area contributed by atoms with Crippen molar-refractivity contribution in [3.05, 3.63) is 29.8 Å². The van der Waals surface area contributed by atoms with Crippen LogP contribution in [0.3, 0.4) is 0 Å². The molecule has 2 N–H and O–H groups in total. The summed E-state index contributed by atoms with van der Waals surface area (Å²) in [5, 5.41) is 6.25. The minimum Gasteiger partial charge on any atom is -0.352 e. The quantitative estimate of drug-likeness (QED) is 0.696. The van der Waals surface area contributed by atoms with Gasteiger partial charge in [-0.1, -0.05) is 12.8 Å². The van der Waals surface area contributed by atoms with Crippen LogP contribution >= 0.6 is 0 Å². The topological polar surface area (TPSA) is 78.5 Å². The van der Waals surface area contributed by atoms with Gasteiger partial charge in [-0.25, -0.2) is 8.42 Å². The second kappa shape index (κ2) is 9.66. The van der Waals surface area contributed by atoms with Gasteiger partial charge in [-0.2, -0.15) is 4.31 Å². The minimum absolute atomic E-state index is 0.0682. The van der Waals surface area contributed by atoms with E-state index in [0.717, 1.165) is 38.6 Å². The monoisotopic (exact) mass is 395 g/mol. The molecule has 6 nitrogen and oxygen atoms in total. The average Bonchev–Trinajstić information content (AvgIpc) is 2.90. The van der Waals surface area contributed by atoms with E-state index in [4.69, 9.17) is 0 Å². The highest BCUT2D eigenvalue weighted by Crippen LogP contribution is 2.20. The van der Waals surface area contributed by atoms with Gasteiger partial charge >= 0.3 is 0 Å². The van der Waals surface area contributed by atoms with E-state index in [1.807, 2.05) is 0 Å². The summed E-state index contributed by atoms with van der Waals surface area (Å²) in [4.78, 5) is 12.5. The Kier molecular flexibility index (Phi) is 7.82. The maximum Gasteiger partial charge on any atom is 0.251 e. The Morgan fingerprint density at radius 1 is 1.00 bits per heavy atom. The zero-order valence-corrected chi connectivity index (χ0v) is 17.6. The Bertz CT molecular complexity index is 701. The lowest BCUT2D eigenvalue weighted by atomic mass is 10.1. The van der Waals surface area contributed by atoms with E-state index in [9.17, 15) is 13.2 Å². The molecule has 1 aromatic rings. The van der Waals surface area contributed by atoms with Gasteiger partial charge in [0.25, 0.3) is 5.91 Å². The lowest BCUT2D eigenvalue weighted by Gasteiger charge is -2.20. The van der Waals surface area contributed by atoms with Crippen LogP contribution in [0.25, 0.3) is 0 Å². The van der Waals surface area contributed by atoms with Crippen molar-refractivity contribution in [2.24, 2.45) is 0 Å². The molecule has 1 heterocycles. The van der Waals surface area contributed by atoms with Crippen LogP contribution in [0.15, 0.2) is 29.2 Å². The predicted molar refractivity (Wildman–Crippen MR) is 108 cm³/mol. The Balaban J connectivity index is 1.89. The molecule has 2 rings (SSSR count). The van der Waals surface area contributed by atoms with Crippen LogP contribution in [-0.4, -0.2) is 50.3 Å². The van der Waals surface area contributed by atoms with Crippen molar-refractivity contribution >= 4 is 15.9 Å². The number of nitrogens with one attached hydrogen (secondary N) is 2. The van der Waals surface area contributed by atoms with Crippen LogP contribution in [0.5, 0.6) is 0 Å². The summed E-state index contributed by atoms with van der Waals surface area (Å²) < 4.78 is 27.1. The number of benzene rings is 1. The van der Waals surface area contributed by atoms with E-state index in [-0.39, 0.29) is 16.3 Å². The standard InChI is InChI=1S/C20H33N3O3S/c1-20(2,3)22-14-8-13-21-19(24)17-9-11-18(12-10-17)27(25,26)23-15-6-4-5-7-16-23/h9-12,22H,4-8,13-16H2,1-3H3,(H,21,24). The van der Waals surface area contributed by atoms with E-state index in [0.29, 0.717) is 25.2 Å².